The molecule has 0 bridgehead atoms. The smallest absolute Gasteiger partial charge is 0.313 e. The van der Waals surface area contributed by atoms with E-state index in [1.807, 2.05) is 58.9 Å². The number of aliphatic hydroxyl groups excluding tert-OH is 1. The number of amides is 2. The molecule has 200 valence electrons. The van der Waals surface area contributed by atoms with Crippen LogP contribution in [0, 0.1) is 17.8 Å². The summed E-state index contributed by atoms with van der Waals surface area (Å²) in [4.78, 5) is 45.6. The Morgan fingerprint density at radius 3 is 2.44 bits per heavy atom. The Labute approximate surface area is 214 Å². The van der Waals surface area contributed by atoms with Gasteiger partial charge < -0.3 is 24.4 Å². The van der Waals surface area contributed by atoms with Gasteiger partial charge in [0, 0.05) is 12.6 Å². The van der Waals surface area contributed by atoms with Crippen LogP contribution in [0.3, 0.4) is 0 Å². The Kier molecular flexibility index (Phi) is 7.68. The third-order valence-corrected chi connectivity index (χ3v) is 8.82. The molecule has 1 unspecified atom stereocenters. The lowest BCUT2D eigenvalue weighted by Gasteiger charge is -2.42. The van der Waals surface area contributed by atoms with Gasteiger partial charge in [-0.05, 0) is 45.4 Å². The number of ether oxygens (including phenoxy) is 2. The number of esters is 1. The second-order valence-electron chi connectivity index (χ2n) is 11.1. The van der Waals surface area contributed by atoms with E-state index in [2.05, 4.69) is 0 Å². The molecule has 0 aromatic heterocycles. The summed E-state index contributed by atoms with van der Waals surface area (Å²) in [6.45, 7) is 10.2. The predicted octanol–water partition coefficient (Wildman–Crippen LogP) is 2.84. The highest BCUT2D eigenvalue weighted by atomic mass is 16.6. The van der Waals surface area contributed by atoms with E-state index in [4.69, 9.17) is 9.47 Å². The molecule has 0 aromatic carbocycles. The molecule has 2 fully saturated rings. The van der Waals surface area contributed by atoms with Crippen LogP contribution in [0.4, 0.5) is 0 Å². The maximum atomic E-state index is 14.4. The van der Waals surface area contributed by atoms with Gasteiger partial charge in [0.15, 0.2) is 0 Å². The first kappa shape index (κ1) is 26.9. The van der Waals surface area contributed by atoms with E-state index in [1.165, 1.54) is 0 Å². The molecule has 4 aliphatic rings. The minimum absolute atomic E-state index is 0.0471. The fraction of sp³-hybridized carbons (Fsp3) is 0.750. The number of allylic oxidation sites excluding steroid dienone is 1. The van der Waals surface area contributed by atoms with Crippen LogP contribution in [0.1, 0.15) is 66.7 Å². The van der Waals surface area contributed by atoms with Gasteiger partial charge in [-0.2, -0.15) is 0 Å². The molecular formula is C28H42N2O6. The van der Waals surface area contributed by atoms with Gasteiger partial charge in [-0.1, -0.05) is 51.5 Å². The third kappa shape index (κ3) is 4.01. The summed E-state index contributed by atoms with van der Waals surface area (Å²) in [7, 11) is 0. The number of hydrogen-bond donors (Lipinski definition) is 1. The number of cyclic esters (lactones) is 1. The van der Waals surface area contributed by atoms with Crippen LogP contribution in [-0.2, 0) is 23.9 Å². The van der Waals surface area contributed by atoms with Crippen LogP contribution in [0.15, 0.2) is 24.3 Å². The first-order chi connectivity index (χ1) is 17.2. The molecule has 0 radical (unpaired) electrons. The summed E-state index contributed by atoms with van der Waals surface area (Å²) < 4.78 is 12.6. The van der Waals surface area contributed by atoms with Gasteiger partial charge in [0.05, 0.1) is 25.2 Å². The molecule has 7 atom stereocenters. The molecule has 4 rings (SSSR count). The van der Waals surface area contributed by atoms with Crippen molar-refractivity contribution in [1.82, 2.24) is 9.80 Å². The highest BCUT2D eigenvalue weighted by Gasteiger charge is 2.76. The molecule has 4 heterocycles. The van der Waals surface area contributed by atoms with Crippen LogP contribution in [0.25, 0.3) is 0 Å². The van der Waals surface area contributed by atoms with Crippen molar-refractivity contribution in [2.24, 2.45) is 17.8 Å². The van der Waals surface area contributed by atoms with Crippen molar-refractivity contribution in [2.45, 2.75) is 96.1 Å². The van der Waals surface area contributed by atoms with E-state index in [9.17, 15) is 19.5 Å². The van der Waals surface area contributed by atoms with Crippen molar-refractivity contribution in [1.29, 1.82) is 0 Å². The lowest BCUT2D eigenvalue weighted by atomic mass is 9.73. The van der Waals surface area contributed by atoms with E-state index >= 15 is 0 Å². The van der Waals surface area contributed by atoms with Crippen LogP contribution < -0.4 is 0 Å². The number of aliphatic hydroxyl groups is 1. The van der Waals surface area contributed by atoms with Crippen LogP contribution in [0.2, 0.25) is 0 Å². The largest absolute Gasteiger partial charge is 0.465 e. The van der Waals surface area contributed by atoms with Gasteiger partial charge in [0.25, 0.3) is 0 Å². The van der Waals surface area contributed by atoms with Gasteiger partial charge in [-0.25, -0.2) is 0 Å². The van der Waals surface area contributed by atoms with E-state index in [0.29, 0.717) is 19.6 Å². The van der Waals surface area contributed by atoms with Crippen molar-refractivity contribution in [3.63, 3.8) is 0 Å². The fourth-order valence-electron chi connectivity index (χ4n) is 6.63. The Morgan fingerprint density at radius 2 is 1.81 bits per heavy atom. The molecule has 8 nitrogen and oxygen atoms in total. The summed E-state index contributed by atoms with van der Waals surface area (Å²) in [5, 5.41) is 10.4. The van der Waals surface area contributed by atoms with E-state index in [0.717, 1.165) is 25.7 Å². The third-order valence-electron chi connectivity index (χ3n) is 8.82. The molecule has 8 heteroatoms. The Balaban J connectivity index is 1.94. The van der Waals surface area contributed by atoms with E-state index in [1.54, 1.807) is 9.80 Å². The summed E-state index contributed by atoms with van der Waals surface area (Å²) >= 11 is 0. The summed E-state index contributed by atoms with van der Waals surface area (Å²) in [6, 6.07) is -1.62. The van der Waals surface area contributed by atoms with Crippen molar-refractivity contribution >= 4 is 17.8 Å². The quantitative estimate of drug-likeness (QED) is 0.443. The molecule has 2 saturated heterocycles. The molecule has 4 aliphatic heterocycles. The van der Waals surface area contributed by atoms with Crippen molar-refractivity contribution in [3.8, 4) is 0 Å². The van der Waals surface area contributed by atoms with Crippen LogP contribution in [0.5, 0.6) is 0 Å². The zero-order valence-corrected chi connectivity index (χ0v) is 22.3. The second-order valence-corrected chi connectivity index (χ2v) is 11.1. The number of rotatable bonds is 6. The lowest BCUT2D eigenvalue weighted by Crippen LogP contribution is -2.60. The second kappa shape index (κ2) is 10.3. The van der Waals surface area contributed by atoms with Crippen molar-refractivity contribution in [2.75, 3.05) is 19.8 Å². The summed E-state index contributed by atoms with van der Waals surface area (Å²) in [5.41, 5.74) is -2.38. The number of likely N-dealkylation sites (tertiary alicyclic amines) is 1. The molecule has 1 N–H and O–H groups in total. The van der Waals surface area contributed by atoms with Gasteiger partial charge in [0.1, 0.15) is 23.2 Å². The maximum absolute atomic E-state index is 14.4. The van der Waals surface area contributed by atoms with Crippen molar-refractivity contribution in [3.05, 3.63) is 24.3 Å². The summed E-state index contributed by atoms with van der Waals surface area (Å²) in [5.74, 6) is -2.81. The minimum Gasteiger partial charge on any atom is -0.465 e. The molecule has 36 heavy (non-hydrogen) atoms. The maximum Gasteiger partial charge on any atom is 0.313 e. The zero-order chi connectivity index (χ0) is 26.3. The molecule has 0 aromatic rings. The van der Waals surface area contributed by atoms with E-state index < -0.39 is 41.1 Å². The SMILES string of the molecule is CC[C@H](C)[C@H](CO)N1C(=O)[C@@H]2[C@H]3C(=O)OCCCC/C=C\[C@@]3(CC)O[C@@]23C=CCN(C(C)C)C(=O)C13. The topological polar surface area (TPSA) is 96.4 Å². The average Bonchev–Trinajstić information content (AvgIpc) is 3.21. The van der Waals surface area contributed by atoms with E-state index in [-0.39, 0.29) is 30.4 Å². The van der Waals surface area contributed by atoms with Crippen LogP contribution >= 0.6 is 0 Å². The van der Waals surface area contributed by atoms with Gasteiger partial charge >= 0.3 is 5.97 Å². The first-order valence-electron chi connectivity index (χ1n) is 13.6. The molecule has 1 spiro atoms. The molecule has 0 saturated carbocycles. The standard InChI is InChI=1S/C28H42N2O6/c1-6-19(5)20(17-31)30-23-25(33)29(18(3)4)15-12-14-28(23)21(24(30)32)22-26(34)35-16-11-9-8-10-13-27(22,7-2)36-28/h10,12-14,18-23,31H,6-9,11,15-17H2,1-5H3/b13-10-/t19-,20-,21-,22-,23?,27+,28-/m0/s1. The van der Waals surface area contributed by atoms with Crippen LogP contribution in [-0.4, -0.2) is 81.8 Å². The van der Waals surface area contributed by atoms with Gasteiger partial charge in [-0.3, -0.25) is 14.4 Å². The Hall–Kier alpha value is -2.19. The predicted molar refractivity (Wildman–Crippen MR) is 135 cm³/mol. The number of nitrogens with zero attached hydrogens (tertiary/aromatic N) is 2. The molecular weight excluding hydrogens is 460 g/mol. The van der Waals surface area contributed by atoms with Gasteiger partial charge in [0.2, 0.25) is 11.8 Å². The van der Waals surface area contributed by atoms with Crippen molar-refractivity contribution < 1.29 is 29.0 Å². The Morgan fingerprint density at radius 1 is 1.06 bits per heavy atom. The fourth-order valence-corrected chi connectivity index (χ4v) is 6.63. The normalized spacial score (nSPS) is 37.2. The highest BCUT2D eigenvalue weighted by molar-refractivity contribution is 5.99. The number of carbonyl (C=O) groups is 3. The monoisotopic (exact) mass is 502 g/mol. The first-order valence-corrected chi connectivity index (χ1v) is 13.6. The number of hydrogen-bond acceptors (Lipinski definition) is 6. The molecule has 2 amide bonds. The zero-order valence-electron chi connectivity index (χ0n) is 22.3. The molecule has 0 aliphatic carbocycles. The minimum atomic E-state index is -1.32. The Bertz CT molecular complexity index is 931. The highest BCUT2D eigenvalue weighted by Crippen LogP contribution is 2.58. The lowest BCUT2D eigenvalue weighted by molar-refractivity contribution is -0.164. The van der Waals surface area contributed by atoms with Gasteiger partial charge in [-0.15, -0.1) is 0 Å². The summed E-state index contributed by atoms with van der Waals surface area (Å²) in [6.07, 6.45) is 11.4. The number of carbonyl (C=O) groups excluding carboxylic acids is 3. The average molecular weight is 503 g/mol. The number of fused-ring (bicyclic) bond motifs is 2.